The molecule has 3 aromatic rings. The van der Waals surface area contributed by atoms with Crippen molar-refractivity contribution in [2.24, 2.45) is 0 Å². The second-order valence-corrected chi connectivity index (χ2v) is 6.14. The van der Waals surface area contributed by atoms with Crippen molar-refractivity contribution in [2.75, 3.05) is 10.6 Å². The molecule has 0 aliphatic carbocycles. The van der Waals surface area contributed by atoms with Crippen LogP contribution in [0.15, 0.2) is 65.3 Å². The Kier molecular flexibility index (Phi) is 5.10. The zero-order chi connectivity index (χ0) is 16.1. The summed E-state index contributed by atoms with van der Waals surface area (Å²) in [6, 6.07) is 17.4. The fourth-order valence-electron chi connectivity index (χ4n) is 2.00. The molecule has 0 aliphatic heterocycles. The number of benzene rings is 2. The minimum absolute atomic E-state index is 0.567. The quantitative estimate of drug-likeness (QED) is 0.626. The molecule has 2 N–H and O–H groups in total. The minimum atomic E-state index is 0.567. The van der Waals surface area contributed by atoms with E-state index in [1.165, 1.54) is 0 Å². The molecule has 23 heavy (non-hydrogen) atoms. The molecule has 0 bridgehead atoms. The number of para-hydroxylation sites is 1. The van der Waals surface area contributed by atoms with Gasteiger partial charge in [0.15, 0.2) is 0 Å². The zero-order valence-electron chi connectivity index (χ0n) is 12.1. The predicted molar refractivity (Wildman–Crippen MR) is 98.2 cm³/mol. The summed E-state index contributed by atoms with van der Waals surface area (Å²) in [6.07, 6.45) is 1.72. The number of nitrogens with zero attached hydrogens (tertiary/aromatic N) is 2. The molecule has 0 amide bonds. The Morgan fingerprint density at radius 1 is 1.00 bits per heavy atom. The second-order valence-electron chi connectivity index (χ2n) is 4.85. The van der Waals surface area contributed by atoms with Gasteiger partial charge in [0.05, 0.1) is 5.69 Å². The van der Waals surface area contributed by atoms with Crippen molar-refractivity contribution >= 4 is 45.0 Å². The molecule has 0 aliphatic rings. The third kappa shape index (κ3) is 4.43. The Morgan fingerprint density at radius 2 is 1.78 bits per heavy atom. The highest BCUT2D eigenvalue weighted by Crippen LogP contribution is 2.24. The zero-order valence-corrected chi connectivity index (χ0v) is 14.5. The Balaban J connectivity index is 1.67. The van der Waals surface area contributed by atoms with Gasteiger partial charge in [-0.15, -0.1) is 0 Å². The molecule has 0 fully saturated rings. The van der Waals surface area contributed by atoms with E-state index in [0.717, 1.165) is 26.6 Å². The standard InChI is InChI=1S/C17H14BrClN4/c18-14-3-1-2-4-15(14)22-16-9-10-20-17(23-16)21-11-12-5-7-13(19)8-6-12/h1-10H,11H2,(H2,20,21,22,23). The smallest absolute Gasteiger partial charge is 0.224 e. The average molecular weight is 390 g/mol. The Hall–Kier alpha value is -2.11. The lowest BCUT2D eigenvalue weighted by Gasteiger charge is -2.09. The number of nitrogens with one attached hydrogen (secondary N) is 2. The van der Waals surface area contributed by atoms with E-state index in [-0.39, 0.29) is 0 Å². The van der Waals surface area contributed by atoms with Gasteiger partial charge in [-0.1, -0.05) is 35.9 Å². The normalized spacial score (nSPS) is 10.3. The van der Waals surface area contributed by atoms with Gasteiger partial charge >= 0.3 is 0 Å². The van der Waals surface area contributed by atoms with Crippen molar-refractivity contribution in [1.29, 1.82) is 0 Å². The minimum Gasteiger partial charge on any atom is -0.350 e. The van der Waals surface area contributed by atoms with Crippen LogP contribution in [0.1, 0.15) is 5.56 Å². The average Bonchev–Trinajstić information content (AvgIpc) is 2.57. The van der Waals surface area contributed by atoms with Crippen molar-refractivity contribution in [3.8, 4) is 0 Å². The van der Waals surface area contributed by atoms with Gasteiger partial charge in [-0.3, -0.25) is 0 Å². The molecule has 116 valence electrons. The Morgan fingerprint density at radius 3 is 2.57 bits per heavy atom. The van der Waals surface area contributed by atoms with Gasteiger partial charge in [0, 0.05) is 22.2 Å². The lowest BCUT2D eigenvalue weighted by molar-refractivity contribution is 1.06. The first-order valence-electron chi connectivity index (χ1n) is 7.03. The van der Waals surface area contributed by atoms with Crippen molar-refractivity contribution in [3.63, 3.8) is 0 Å². The topological polar surface area (TPSA) is 49.8 Å². The Labute approximate surface area is 148 Å². The van der Waals surface area contributed by atoms with Gasteiger partial charge in [0.1, 0.15) is 5.82 Å². The molecule has 0 radical (unpaired) electrons. The molecule has 0 unspecified atom stereocenters. The summed E-state index contributed by atoms with van der Waals surface area (Å²) in [5.74, 6) is 1.29. The van der Waals surface area contributed by atoms with Crippen LogP contribution in [-0.4, -0.2) is 9.97 Å². The van der Waals surface area contributed by atoms with Crippen molar-refractivity contribution < 1.29 is 0 Å². The molecule has 0 atom stereocenters. The van der Waals surface area contributed by atoms with Gasteiger partial charge in [0.25, 0.3) is 0 Å². The van der Waals surface area contributed by atoms with Crippen LogP contribution in [0.3, 0.4) is 0 Å². The first kappa shape index (κ1) is 15.8. The lowest BCUT2D eigenvalue weighted by atomic mass is 10.2. The third-order valence-electron chi connectivity index (χ3n) is 3.16. The number of hydrogen-bond donors (Lipinski definition) is 2. The highest BCUT2D eigenvalue weighted by atomic mass is 79.9. The predicted octanol–water partition coefficient (Wildman–Crippen LogP) is 5.25. The number of rotatable bonds is 5. The molecule has 2 aromatic carbocycles. The van der Waals surface area contributed by atoms with Crippen LogP contribution in [0, 0.1) is 0 Å². The number of anilines is 3. The Bertz CT molecular complexity index is 793. The van der Waals surface area contributed by atoms with Crippen LogP contribution in [0.4, 0.5) is 17.5 Å². The summed E-state index contributed by atoms with van der Waals surface area (Å²) in [6.45, 7) is 0.635. The highest BCUT2D eigenvalue weighted by molar-refractivity contribution is 9.10. The SMILES string of the molecule is Clc1ccc(CNc2nccc(Nc3ccccc3Br)n2)cc1. The van der Waals surface area contributed by atoms with Crippen LogP contribution >= 0.6 is 27.5 Å². The monoisotopic (exact) mass is 388 g/mol. The first-order valence-corrected chi connectivity index (χ1v) is 8.21. The summed E-state index contributed by atoms with van der Waals surface area (Å²) in [4.78, 5) is 8.70. The van der Waals surface area contributed by atoms with Crippen LogP contribution in [0.5, 0.6) is 0 Å². The van der Waals surface area contributed by atoms with Gasteiger partial charge in [-0.25, -0.2) is 4.98 Å². The number of hydrogen-bond acceptors (Lipinski definition) is 4. The third-order valence-corrected chi connectivity index (χ3v) is 4.10. The maximum absolute atomic E-state index is 5.88. The van der Waals surface area contributed by atoms with Gasteiger partial charge in [-0.2, -0.15) is 4.98 Å². The van der Waals surface area contributed by atoms with E-state index in [4.69, 9.17) is 11.6 Å². The lowest BCUT2D eigenvalue weighted by Crippen LogP contribution is -2.05. The maximum Gasteiger partial charge on any atom is 0.224 e. The van der Waals surface area contributed by atoms with Crippen LogP contribution in [-0.2, 0) is 6.54 Å². The van der Waals surface area contributed by atoms with Crippen molar-refractivity contribution in [1.82, 2.24) is 9.97 Å². The van der Waals surface area contributed by atoms with E-state index >= 15 is 0 Å². The van der Waals surface area contributed by atoms with Crippen LogP contribution < -0.4 is 10.6 Å². The first-order chi connectivity index (χ1) is 11.2. The second kappa shape index (κ2) is 7.44. The van der Waals surface area contributed by atoms with Gasteiger partial charge in [-0.05, 0) is 51.8 Å². The van der Waals surface area contributed by atoms with E-state index in [1.807, 2.05) is 54.6 Å². The van der Waals surface area contributed by atoms with E-state index < -0.39 is 0 Å². The molecule has 6 heteroatoms. The number of halogens is 2. The largest absolute Gasteiger partial charge is 0.350 e. The van der Waals surface area contributed by atoms with E-state index in [0.29, 0.717) is 12.5 Å². The molecule has 0 spiro atoms. The fraction of sp³-hybridized carbons (Fsp3) is 0.0588. The summed E-state index contributed by atoms with van der Waals surface area (Å²) < 4.78 is 0.981. The van der Waals surface area contributed by atoms with Gasteiger partial charge in [0.2, 0.25) is 5.95 Å². The molecular weight excluding hydrogens is 376 g/mol. The number of aromatic nitrogens is 2. The molecule has 4 nitrogen and oxygen atoms in total. The van der Waals surface area contributed by atoms with Crippen molar-refractivity contribution in [3.05, 3.63) is 75.9 Å². The van der Waals surface area contributed by atoms with Crippen LogP contribution in [0.2, 0.25) is 5.02 Å². The summed E-state index contributed by atoms with van der Waals surface area (Å²) >= 11 is 9.39. The summed E-state index contributed by atoms with van der Waals surface area (Å²) in [5.41, 5.74) is 2.07. The van der Waals surface area contributed by atoms with E-state index in [9.17, 15) is 0 Å². The summed E-state index contributed by atoms with van der Waals surface area (Å²) in [7, 11) is 0. The molecule has 0 saturated heterocycles. The van der Waals surface area contributed by atoms with Crippen LogP contribution in [0.25, 0.3) is 0 Å². The molecule has 0 saturated carbocycles. The molecule has 1 aromatic heterocycles. The van der Waals surface area contributed by atoms with E-state index in [1.54, 1.807) is 6.20 Å². The molecule has 3 rings (SSSR count). The molecular formula is C17H14BrClN4. The van der Waals surface area contributed by atoms with Crippen molar-refractivity contribution in [2.45, 2.75) is 6.54 Å². The van der Waals surface area contributed by atoms with E-state index in [2.05, 4.69) is 36.5 Å². The highest BCUT2D eigenvalue weighted by Gasteiger charge is 2.02. The van der Waals surface area contributed by atoms with Gasteiger partial charge < -0.3 is 10.6 Å². The maximum atomic E-state index is 5.88. The fourth-order valence-corrected chi connectivity index (χ4v) is 2.51. The molecule has 1 heterocycles. The summed E-state index contributed by atoms with van der Waals surface area (Å²) in [5, 5.41) is 7.19.